The molecule has 244 valence electrons. The molecule has 1 aliphatic carbocycles. The summed E-state index contributed by atoms with van der Waals surface area (Å²) < 4.78 is 51.0. The first-order valence-corrected chi connectivity index (χ1v) is 14.9. The van der Waals surface area contributed by atoms with E-state index in [2.05, 4.69) is 23.9 Å². The third kappa shape index (κ3) is 11.8. The van der Waals surface area contributed by atoms with E-state index in [1.54, 1.807) is 62.6 Å². The predicted molar refractivity (Wildman–Crippen MR) is 167 cm³/mol. The number of methoxy groups -OCH3 is 1. The number of anilines is 1. The molecule has 0 heterocycles. The Morgan fingerprint density at radius 1 is 1.02 bits per heavy atom. The minimum Gasteiger partial charge on any atom is -0.497 e. The fourth-order valence-corrected chi connectivity index (χ4v) is 4.75. The third-order valence-electron chi connectivity index (χ3n) is 7.28. The standard InChI is InChI=1S/C21H22ClNO5.C13H17F3O/c1-12(24)20(13-3-5-15(22)6-4-13)23-16-8-17(27-2)10-18(9-16)28-11-14-7-19(14)21(25)26;1-9(2)4-5-11-6-7-12(8-10(11)3)17-13(14,15)16/h3-6,8-10,14,19-20,23H,7,11H2,1-2H3,(H,25,26);6-9H,4-5H2,1-3H3. The van der Waals surface area contributed by atoms with Crippen LogP contribution in [0.5, 0.6) is 17.2 Å². The number of nitrogens with one attached hydrogen (secondary N) is 1. The summed E-state index contributed by atoms with van der Waals surface area (Å²) in [5.74, 6) is 0.433. The number of ether oxygens (including phenoxy) is 3. The number of carboxylic acid groups (broad SMARTS) is 1. The molecule has 2 N–H and O–H groups in total. The molecule has 7 nitrogen and oxygen atoms in total. The van der Waals surface area contributed by atoms with Crippen molar-refractivity contribution in [2.45, 2.75) is 59.4 Å². The maximum absolute atomic E-state index is 12.2. The number of carboxylic acids is 1. The van der Waals surface area contributed by atoms with Crippen LogP contribution >= 0.6 is 11.6 Å². The van der Waals surface area contributed by atoms with Crippen LogP contribution in [0.25, 0.3) is 0 Å². The van der Waals surface area contributed by atoms with Gasteiger partial charge in [-0.05, 0) is 80.0 Å². The summed E-state index contributed by atoms with van der Waals surface area (Å²) >= 11 is 5.94. The summed E-state index contributed by atoms with van der Waals surface area (Å²) in [4.78, 5) is 23.1. The normalized spacial score (nSPS) is 16.2. The van der Waals surface area contributed by atoms with E-state index in [9.17, 15) is 22.8 Å². The molecule has 3 unspecified atom stereocenters. The number of hydrogen-bond acceptors (Lipinski definition) is 6. The fraction of sp³-hybridized carbons (Fsp3) is 0.412. The van der Waals surface area contributed by atoms with Gasteiger partial charge >= 0.3 is 12.3 Å². The molecule has 1 aliphatic rings. The van der Waals surface area contributed by atoms with Crippen molar-refractivity contribution in [2.24, 2.45) is 17.8 Å². The van der Waals surface area contributed by atoms with Gasteiger partial charge in [-0.2, -0.15) is 0 Å². The Hall–Kier alpha value is -3.92. The van der Waals surface area contributed by atoms with Gasteiger partial charge in [-0.15, -0.1) is 13.2 Å². The van der Waals surface area contributed by atoms with Crippen molar-refractivity contribution in [1.82, 2.24) is 0 Å². The lowest BCUT2D eigenvalue weighted by Crippen LogP contribution is -2.18. The molecule has 0 saturated heterocycles. The maximum Gasteiger partial charge on any atom is 0.573 e. The Morgan fingerprint density at radius 3 is 2.22 bits per heavy atom. The van der Waals surface area contributed by atoms with E-state index in [0.717, 1.165) is 29.5 Å². The summed E-state index contributed by atoms with van der Waals surface area (Å²) in [6, 6.07) is 16.3. The highest BCUT2D eigenvalue weighted by Gasteiger charge is 2.43. The Kier molecular flexibility index (Phi) is 12.6. The van der Waals surface area contributed by atoms with Gasteiger partial charge < -0.3 is 24.6 Å². The van der Waals surface area contributed by atoms with Gasteiger partial charge in [-0.1, -0.05) is 43.6 Å². The molecule has 0 aromatic heterocycles. The van der Waals surface area contributed by atoms with Crippen LogP contribution in [0.3, 0.4) is 0 Å². The molecule has 3 aromatic rings. The molecule has 11 heteroatoms. The maximum atomic E-state index is 12.2. The quantitative estimate of drug-likeness (QED) is 0.191. The first kappa shape index (κ1) is 35.6. The van der Waals surface area contributed by atoms with E-state index >= 15 is 0 Å². The van der Waals surface area contributed by atoms with Crippen LogP contribution in [-0.4, -0.2) is 36.9 Å². The van der Waals surface area contributed by atoms with E-state index in [0.29, 0.717) is 41.2 Å². The lowest BCUT2D eigenvalue weighted by Gasteiger charge is -2.19. The summed E-state index contributed by atoms with van der Waals surface area (Å²) in [6.07, 6.45) is -2.07. The number of rotatable bonds is 13. The van der Waals surface area contributed by atoms with Gasteiger partial charge in [0.2, 0.25) is 0 Å². The van der Waals surface area contributed by atoms with Crippen molar-refractivity contribution in [3.05, 3.63) is 82.4 Å². The number of aliphatic carboxylic acids is 1. The van der Waals surface area contributed by atoms with E-state index in [1.165, 1.54) is 19.1 Å². The number of benzene rings is 3. The largest absolute Gasteiger partial charge is 0.573 e. The molecule has 1 fully saturated rings. The molecule has 0 radical (unpaired) electrons. The second-order valence-corrected chi connectivity index (χ2v) is 11.9. The second kappa shape index (κ2) is 15.9. The zero-order valence-electron chi connectivity index (χ0n) is 25.9. The Bertz CT molecular complexity index is 1440. The number of Topliss-reactive ketones (excluding diaryl/α,β-unsaturated/α-hetero) is 1. The molecule has 0 aliphatic heterocycles. The fourth-order valence-electron chi connectivity index (χ4n) is 4.63. The number of ketones is 1. The van der Waals surface area contributed by atoms with Gasteiger partial charge in [0.25, 0.3) is 0 Å². The molecule has 0 bridgehead atoms. The summed E-state index contributed by atoms with van der Waals surface area (Å²) in [5, 5.41) is 12.8. The highest BCUT2D eigenvalue weighted by Crippen LogP contribution is 2.39. The molecule has 0 spiro atoms. The highest BCUT2D eigenvalue weighted by molar-refractivity contribution is 6.30. The first-order chi connectivity index (χ1) is 21.1. The van der Waals surface area contributed by atoms with Crippen LogP contribution in [0.2, 0.25) is 5.02 Å². The minimum absolute atomic E-state index is 0.0270. The van der Waals surface area contributed by atoms with Crippen LogP contribution < -0.4 is 19.5 Å². The van der Waals surface area contributed by atoms with Gasteiger partial charge in [0, 0.05) is 34.8 Å². The first-order valence-electron chi connectivity index (χ1n) is 14.6. The number of halogens is 4. The SMILES string of the molecule is COc1cc(NC(C(C)=O)c2ccc(Cl)cc2)cc(OCC2CC2C(=O)O)c1.Cc1cc(OC(F)(F)F)ccc1CCC(C)C. The topological polar surface area (TPSA) is 94.1 Å². The monoisotopic (exact) mass is 649 g/mol. The average molecular weight is 650 g/mol. The Balaban J connectivity index is 0.000000279. The van der Waals surface area contributed by atoms with Crippen LogP contribution in [-0.2, 0) is 16.0 Å². The number of hydrogen-bond donors (Lipinski definition) is 2. The Morgan fingerprint density at radius 2 is 1.69 bits per heavy atom. The predicted octanol–water partition coefficient (Wildman–Crippen LogP) is 8.67. The number of aryl methyl sites for hydroxylation is 2. The van der Waals surface area contributed by atoms with Crippen molar-refractivity contribution in [2.75, 3.05) is 19.0 Å². The van der Waals surface area contributed by atoms with Gasteiger partial charge in [0.05, 0.1) is 19.6 Å². The lowest BCUT2D eigenvalue weighted by molar-refractivity contribution is -0.274. The van der Waals surface area contributed by atoms with Gasteiger partial charge in [0.1, 0.15) is 23.3 Å². The van der Waals surface area contributed by atoms with Crippen LogP contribution in [0.1, 0.15) is 56.3 Å². The van der Waals surface area contributed by atoms with Crippen LogP contribution in [0.4, 0.5) is 18.9 Å². The molecule has 3 aromatic carbocycles. The van der Waals surface area contributed by atoms with Crippen molar-refractivity contribution in [3.63, 3.8) is 0 Å². The molecule has 1 saturated carbocycles. The van der Waals surface area contributed by atoms with Crippen molar-refractivity contribution in [1.29, 1.82) is 0 Å². The lowest BCUT2D eigenvalue weighted by atomic mass is 9.99. The van der Waals surface area contributed by atoms with E-state index < -0.39 is 18.4 Å². The molecule has 45 heavy (non-hydrogen) atoms. The molecule has 4 rings (SSSR count). The molecular weight excluding hydrogens is 611 g/mol. The third-order valence-corrected chi connectivity index (χ3v) is 7.53. The number of carbonyl (C=O) groups is 2. The van der Waals surface area contributed by atoms with E-state index in [1.807, 2.05) is 0 Å². The summed E-state index contributed by atoms with van der Waals surface area (Å²) in [6.45, 7) is 7.89. The summed E-state index contributed by atoms with van der Waals surface area (Å²) in [5.41, 5.74) is 3.38. The second-order valence-electron chi connectivity index (χ2n) is 11.5. The van der Waals surface area contributed by atoms with Crippen molar-refractivity contribution >= 4 is 29.0 Å². The zero-order chi connectivity index (χ0) is 33.3. The zero-order valence-corrected chi connectivity index (χ0v) is 26.7. The van der Waals surface area contributed by atoms with Crippen molar-refractivity contribution in [3.8, 4) is 17.2 Å². The van der Waals surface area contributed by atoms with Crippen LogP contribution in [0, 0.1) is 24.7 Å². The smallest absolute Gasteiger partial charge is 0.497 e. The number of alkyl halides is 3. The Labute approximate surface area is 266 Å². The molecule has 3 atom stereocenters. The molecular formula is C34H39ClF3NO6. The number of carbonyl (C=O) groups excluding carboxylic acids is 1. The van der Waals surface area contributed by atoms with Gasteiger partial charge in [-0.25, -0.2) is 0 Å². The van der Waals surface area contributed by atoms with Gasteiger partial charge in [0.15, 0.2) is 5.78 Å². The highest BCUT2D eigenvalue weighted by atomic mass is 35.5. The van der Waals surface area contributed by atoms with E-state index in [4.69, 9.17) is 26.2 Å². The minimum atomic E-state index is -4.62. The van der Waals surface area contributed by atoms with Crippen molar-refractivity contribution < 1.29 is 42.1 Å². The van der Waals surface area contributed by atoms with Crippen LogP contribution in [0.15, 0.2) is 60.7 Å². The summed E-state index contributed by atoms with van der Waals surface area (Å²) in [7, 11) is 1.55. The average Bonchev–Trinajstić information content (AvgIpc) is 3.74. The molecule has 0 amide bonds. The van der Waals surface area contributed by atoms with E-state index in [-0.39, 0.29) is 23.4 Å². The van der Waals surface area contributed by atoms with Gasteiger partial charge in [-0.3, -0.25) is 9.59 Å².